The van der Waals surface area contributed by atoms with E-state index < -0.39 is 0 Å². The van der Waals surface area contributed by atoms with Gasteiger partial charge in [0.1, 0.15) is 0 Å². The summed E-state index contributed by atoms with van der Waals surface area (Å²) in [7, 11) is 3.14. The third-order valence-corrected chi connectivity index (χ3v) is 3.61. The number of methoxy groups -OCH3 is 2. The zero-order valence-electron chi connectivity index (χ0n) is 15.0. The van der Waals surface area contributed by atoms with Crippen LogP contribution in [0.1, 0.15) is 12.0 Å². The molecule has 1 amide bonds. The van der Waals surface area contributed by atoms with E-state index in [0.717, 1.165) is 11.3 Å². The number of nitrogens with zero attached hydrogens (tertiary/aromatic N) is 1. The standard InChI is InChI=1S/C19H24N4O3/c1-25-16-9-8-15(12-17(16)26-2)23-19(20)21-11-10-18(24)22-13-14-6-4-3-5-7-14/h3-9,12H,10-11,13H2,1-2H3,(H,22,24)(H3,20,21,23). The van der Waals surface area contributed by atoms with Crippen LogP contribution in [-0.2, 0) is 11.3 Å². The monoisotopic (exact) mass is 356 g/mol. The normalized spacial score (nSPS) is 10.9. The van der Waals surface area contributed by atoms with Crippen LogP contribution in [0.2, 0.25) is 0 Å². The number of nitrogens with two attached hydrogens (primary N) is 1. The van der Waals surface area contributed by atoms with Gasteiger partial charge in [0.25, 0.3) is 0 Å². The SMILES string of the molecule is COc1ccc(NC(N)=NCCC(=O)NCc2ccccc2)cc1OC. The number of hydrogen-bond donors (Lipinski definition) is 3. The van der Waals surface area contributed by atoms with Crippen LogP contribution in [0.15, 0.2) is 53.5 Å². The quantitative estimate of drug-likeness (QED) is 0.497. The topological polar surface area (TPSA) is 98.0 Å². The number of hydrogen-bond acceptors (Lipinski definition) is 4. The van der Waals surface area contributed by atoms with Crippen LogP contribution >= 0.6 is 0 Å². The Morgan fingerprint density at radius 1 is 1.08 bits per heavy atom. The van der Waals surface area contributed by atoms with Crippen molar-refractivity contribution in [1.29, 1.82) is 0 Å². The van der Waals surface area contributed by atoms with Crippen LogP contribution < -0.4 is 25.8 Å². The summed E-state index contributed by atoms with van der Waals surface area (Å²) in [5.41, 5.74) is 7.63. The van der Waals surface area contributed by atoms with Gasteiger partial charge in [-0.25, -0.2) is 0 Å². The second kappa shape index (κ2) is 9.93. The number of aliphatic imine (C=N–C) groups is 1. The smallest absolute Gasteiger partial charge is 0.222 e. The average molecular weight is 356 g/mol. The maximum atomic E-state index is 11.8. The highest BCUT2D eigenvalue weighted by Gasteiger charge is 2.05. The van der Waals surface area contributed by atoms with Gasteiger partial charge >= 0.3 is 0 Å². The first-order valence-electron chi connectivity index (χ1n) is 8.22. The lowest BCUT2D eigenvalue weighted by molar-refractivity contribution is -0.121. The summed E-state index contributed by atoms with van der Waals surface area (Å²) in [5, 5.41) is 5.81. The van der Waals surface area contributed by atoms with E-state index in [4.69, 9.17) is 15.2 Å². The van der Waals surface area contributed by atoms with Crippen molar-refractivity contribution in [1.82, 2.24) is 5.32 Å². The van der Waals surface area contributed by atoms with Gasteiger partial charge in [0.05, 0.1) is 20.8 Å². The summed E-state index contributed by atoms with van der Waals surface area (Å²) < 4.78 is 10.4. The first-order chi connectivity index (χ1) is 12.6. The molecule has 0 saturated heterocycles. The molecule has 0 aliphatic heterocycles. The lowest BCUT2D eigenvalue weighted by Crippen LogP contribution is -2.25. The second-order valence-corrected chi connectivity index (χ2v) is 5.47. The molecule has 0 aliphatic rings. The van der Waals surface area contributed by atoms with Gasteiger partial charge in [0.2, 0.25) is 5.91 Å². The first kappa shape index (κ1) is 19.1. The molecule has 4 N–H and O–H groups in total. The number of carbonyl (C=O) groups is 1. The molecule has 0 radical (unpaired) electrons. The maximum absolute atomic E-state index is 11.8. The molecule has 138 valence electrons. The molecule has 0 heterocycles. The lowest BCUT2D eigenvalue weighted by Gasteiger charge is -2.11. The predicted octanol–water partition coefficient (Wildman–Crippen LogP) is 2.14. The molecule has 2 aromatic carbocycles. The molecule has 7 heteroatoms. The third kappa shape index (κ3) is 6.01. The summed E-state index contributed by atoms with van der Waals surface area (Å²) in [6.45, 7) is 0.801. The Bertz CT molecular complexity index is 748. The molecule has 7 nitrogen and oxygen atoms in total. The van der Waals surface area contributed by atoms with Crippen LogP contribution in [0.3, 0.4) is 0 Å². The van der Waals surface area contributed by atoms with Gasteiger partial charge in [0, 0.05) is 24.7 Å². The Kier molecular flexibility index (Phi) is 7.30. The van der Waals surface area contributed by atoms with E-state index in [9.17, 15) is 4.79 Å². The second-order valence-electron chi connectivity index (χ2n) is 5.47. The Morgan fingerprint density at radius 2 is 1.81 bits per heavy atom. The van der Waals surface area contributed by atoms with E-state index in [2.05, 4.69) is 15.6 Å². The summed E-state index contributed by atoms with van der Waals surface area (Å²) in [4.78, 5) is 16.0. The fourth-order valence-corrected chi connectivity index (χ4v) is 2.26. The Morgan fingerprint density at radius 3 is 2.50 bits per heavy atom. The fraction of sp³-hybridized carbons (Fsp3) is 0.263. The van der Waals surface area contributed by atoms with Gasteiger partial charge in [-0.1, -0.05) is 30.3 Å². The van der Waals surface area contributed by atoms with Crippen molar-refractivity contribution in [3.63, 3.8) is 0 Å². The van der Waals surface area contributed by atoms with Crippen molar-refractivity contribution in [2.75, 3.05) is 26.1 Å². The molecule has 0 unspecified atom stereocenters. The average Bonchev–Trinajstić information content (AvgIpc) is 2.67. The minimum atomic E-state index is -0.0727. The number of ether oxygens (including phenoxy) is 2. The molecule has 0 aliphatic carbocycles. The Balaban J connectivity index is 1.78. The maximum Gasteiger partial charge on any atom is 0.222 e. The van der Waals surface area contributed by atoms with Crippen molar-refractivity contribution < 1.29 is 14.3 Å². The van der Waals surface area contributed by atoms with E-state index in [1.165, 1.54) is 0 Å². The number of rotatable bonds is 8. The van der Waals surface area contributed by atoms with E-state index in [1.54, 1.807) is 32.4 Å². The molecule has 0 atom stereocenters. The van der Waals surface area contributed by atoms with E-state index >= 15 is 0 Å². The minimum Gasteiger partial charge on any atom is -0.493 e. The van der Waals surface area contributed by atoms with Crippen LogP contribution in [0.5, 0.6) is 11.5 Å². The van der Waals surface area contributed by atoms with Crippen LogP contribution in [0, 0.1) is 0 Å². The summed E-state index contributed by atoms with van der Waals surface area (Å²) in [5.74, 6) is 1.37. The number of anilines is 1. The van der Waals surface area contributed by atoms with Crippen LogP contribution in [-0.4, -0.2) is 32.6 Å². The van der Waals surface area contributed by atoms with Crippen molar-refractivity contribution in [3.8, 4) is 11.5 Å². The van der Waals surface area contributed by atoms with Gasteiger partial charge in [-0.15, -0.1) is 0 Å². The highest BCUT2D eigenvalue weighted by atomic mass is 16.5. The van der Waals surface area contributed by atoms with Gasteiger partial charge in [0.15, 0.2) is 17.5 Å². The molecular formula is C19H24N4O3. The molecule has 0 aromatic heterocycles. The predicted molar refractivity (Wildman–Crippen MR) is 103 cm³/mol. The fourth-order valence-electron chi connectivity index (χ4n) is 2.26. The number of benzene rings is 2. The summed E-state index contributed by atoms with van der Waals surface area (Å²) in [6.07, 6.45) is 0.265. The number of amides is 1. The summed E-state index contributed by atoms with van der Waals surface area (Å²) in [6, 6.07) is 15.1. The third-order valence-electron chi connectivity index (χ3n) is 3.61. The van der Waals surface area contributed by atoms with E-state index in [-0.39, 0.29) is 18.3 Å². The Labute approximate surface area is 153 Å². The number of nitrogens with one attached hydrogen (secondary N) is 2. The molecule has 26 heavy (non-hydrogen) atoms. The molecule has 2 aromatic rings. The number of guanidine groups is 1. The largest absolute Gasteiger partial charge is 0.493 e. The highest BCUT2D eigenvalue weighted by molar-refractivity contribution is 5.92. The van der Waals surface area contributed by atoms with Gasteiger partial charge in [-0.3, -0.25) is 9.79 Å². The number of carbonyl (C=O) groups excluding carboxylic acids is 1. The van der Waals surface area contributed by atoms with Gasteiger partial charge in [-0.2, -0.15) is 0 Å². The van der Waals surface area contributed by atoms with Crippen LogP contribution in [0.25, 0.3) is 0 Å². The highest BCUT2D eigenvalue weighted by Crippen LogP contribution is 2.29. The zero-order valence-corrected chi connectivity index (χ0v) is 15.0. The lowest BCUT2D eigenvalue weighted by atomic mass is 10.2. The van der Waals surface area contributed by atoms with Crippen molar-refractivity contribution >= 4 is 17.6 Å². The van der Waals surface area contributed by atoms with Gasteiger partial charge in [-0.05, 0) is 17.7 Å². The molecule has 0 spiro atoms. The van der Waals surface area contributed by atoms with Gasteiger partial charge < -0.3 is 25.8 Å². The van der Waals surface area contributed by atoms with Crippen LogP contribution in [0.4, 0.5) is 5.69 Å². The van der Waals surface area contributed by atoms with Crippen molar-refractivity contribution in [3.05, 3.63) is 54.1 Å². The molecule has 0 saturated carbocycles. The summed E-state index contributed by atoms with van der Waals surface area (Å²) >= 11 is 0. The van der Waals surface area contributed by atoms with Crippen molar-refractivity contribution in [2.24, 2.45) is 10.7 Å². The first-order valence-corrected chi connectivity index (χ1v) is 8.22. The molecule has 0 fully saturated rings. The minimum absolute atomic E-state index is 0.0727. The van der Waals surface area contributed by atoms with E-state index in [0.29, 0.717) is 24.6 Å². The molecule has 0 bridgehead atoms. The van der Waals surface area contributed by atoms with Crippen molar-refractivity contribution in [2.45, 2.75) is 13.0 Å². The Hall–Kier alpha value is -3.22. The zero-order chi connectivity index (χ0) is 18.8. The van der Waals surface area contributed by atoms with E-state index in [1.807, 2.05) is 30.3 Å². The molecule has 2 rings (SSSR count). The molecular weight excluding hydrogens is 332 g/mol.